The number of alkyl halides is 2. The Hall–Kier alpha value is -4.35. The summed E-state index contributed by atoms with van der Waals surface area (Å²) in [5.74, 6) is -7.44. The number of para-hydroxylation sites is 1. The molecule has 1 aliphatic heterocycles. The number of benzene rings is 3. The Kier molecular flexibility index (Phi) is 9.23. The number of fused-ring (bicyclic) bond motifs is 1. The van der Waals surface area contributed by atoms with Crippen molar-refractivity contribution < 1.29 is 32.6 Å². The van der Waals surface area contributed by atoms with E-state index >= 15 is 8.78 Å². The van der Waals surface area contributed by atoms with Gasteiger partial charge in [0.15, 0.2) is 6.29 Å². The predicted molar refractivity (Wildman–Crippen MR) is 156 cm³/mol. The maximum absolute atomic E-state index is 16.7. The molecule has 9 nitrogen and oxygen atoms in total. The van der Waals surface area contributed by atoms with Crippen LogP contribution in [-0.2, 0) is 24.6 Å². The molecule has 0 bridgehead atoms. The van der Waals surface area contributed by atoms with Gasteiger partial charge in [-0.3, -0.25) is 9.59 Å². The molecule has 0 aromatic heterocycles. The Morgan fingerprint density at radius 3 is 1.93 bits per heavy atom. The lowest BCUT2D eigenvalue weighted by atomic mass is 9.83. The first kappa shape index (κ1) is 30.6. The van der Waals surface area contributed by atoms with Crippen LogP contribution in [-0.4, -0.2) is 49.8 Å². The van der Waals surface area contributed by atoms with Crippen LogP contribution in [0.4, 0.5) is 30.6 Å². The summed E-state index contributed by atoms with van der Waals surface area (Å²) in [5.41, 5.74) is -1.06. The van der Waals surface area contributed by atoms with Crippen molar-refractivity contribution in [2.24, 2.45) is 0 Å². The average Bonchev–Trinajstić information content (AvgIpc) is 3.19. The lowest BCUT2D eigenvalue weighted by Crippen LogP contribution is -2.67. The highest BCUT2D eigenvalue weighted by Gasteiger charge is 2.70. The minimum atomic E-state index is -4.46. The number of hydrogen-bond donors (Lipinski definition) is 3. The smallest absolute Gasteiger partial charge is 0.351 e. The van der Waals surface area contributed by atoms with Crippen LogP contribution in [0.15, 0.2) is 72.8 Å². The summed E-state index contributed by atoms with van der Waals surface area (Å²) in [6.07, 6.45) is -0.941. The number of nitrogens with one attached hydrogen (secondary N) is 3. The summed E-state index contributed by atoms with van der Waals surface area (Å²) < 4.78 is 44.5. The number of urea groups is 1. The molecule has 1 heterocycles. The second kappa shape index (κ2) is 12.7. The van der Waals surface area contributed by atoms with Crippen molar-refractivity contribution in [2.75, 3.05) is 35.3 Å². The molecule has 1 atom stereocenters. The molecule has 0 aliphatic carbocycles. The van der Waals surface area contributed by atoms with Gasteiger partial charge in [-0.2, -0.15) is 8.78 Å². The molecule has 0 saturated heterocycles. The van der Waals surface area contributed by atoms with Crippen molar-refractivity contribution in [3.05, 3.63) is 89.5 Å². The van der Waals surface area contributed by atoms with Gasteiger partial charge in [0.25, 0.3) is 11.8 Å². The Morgan fingerprint density at radius 2 is 1.38 bits per heavy atom. The second-order valence-corrected chi connectivity index (χ2v) is 9.86. The lowest BCUT2D eigenvalue weighted by Gasteiger charge is -2.36. The summed E-state index contributed by atoms with van der Waals surface area (Å²) in [4.78, 5) is 41.9. The van der Waals surface area contributed by atoms with E-state index in [0.717, 1.165) is 16.0 Å². The van der Waals surface area contributed by atoms with Crippen molar-refractivity contribution >= 4 is 34.9 Å². The average molecular weight is 581 g/mol. The molecular formula is C31H34F2N4O5. The van der Waals surface area contributed by atoms with Gasteiger partial charge in [-0.1, -0.05) is 53.6 Å². The van der Waals surface area contributed by atoms with Crippen molar-refractivity contribution in [1.29, 1.82) is 0 Å². The maximum atomic E-state index is 16.7. The summed E-state index contributed by atoms with van der Waals surface area (Å²) >= 11 is 0. The number of nitrogens with zero attached hydrogens (tertiary/aromatic N) is 1. The van der Waals surface area contributed by atoms with Crippen molar-refractivity contribution in [1.82, 2.24) is 5.32 Å². The summed E-state index contributed by atoms with van der Waals surface area (Å²) in [6.45, 7) is 7.36. The van der Waals surface area contributed by atoms with E-state index < -0.39 is 35.6 Å². The topological polar surface area (TPSA) is 109 Å². The Labute approximate surface area is 243 Å². The fourth-order valence-corrected chi connectivity index (χ4v) is 4.80. The van der Waals surface area contributed by atoms with Gasteiger partial charge < -0.3 is 30.3 Å². The molecule has 42 heavy (non-hydrogen) atoms. The molecule has 4 rings (SSSR count). The van der Waals surface area contributed by atoms with E-state index in [4.69, 9.17) is 9.47 Å². The fraction of sp³-hybridized carbons (Fsp3) is 0.323. The molecule has 1 aliphatic rings. The minimum Gasteiger partial charge on any atom is -0.351 e. The first-order valence-electron chi connectivity index (χ1n) is 13.6. The Morgan fingerprint density at radius 1 is 0.857 bits per heavy atom. The van der Waals surface area contributed by atoms with E-state index in [-0.39, 0.29) is 36.7 Å². The number of rotatable bonds is 11. The second-order valence-electron chi connectivity index (χ2n) is 9.86. The standard InChI is InChI=1S/C31H34F2N4O5/c1-5-41-26(42-6-2)19-37-25-10-8-7-9-24(25)30(28(37)39,36-29(40)35-23-17-13-21(4)14-18-23)31(32,33)27(38)34-22-15-11-20(3)12-16-22/h7-18,26H,5-6,19H2,1-4H3,(H,34,38)(H2,35,36,40). The van der Waals surface area contributed by atoms with Crippen LogP contribution in [0.2, 0.25) is 0 Å². The molecule has 222 valence electrons. The van der Waals surface area contributed by atoms with Gasteiger partial charge in [-0.05, 0) is 58.0 Å². The van der Waals surface area contributed by atoms with Crippen LogP contribution in [0.25, 0.3) is 0 Å². The van der Waals surface area contributed by atoms with Gasteiger partial charge in [0.2, 0.25) is 5.54 Å². The van der Waals surface area contributed by atoms with E-state index in [2.05, 4.69) is 16.0 Å². The number of anilines is 3. The number of hydrogen-bond acceptors (Lipinski definition) is 5. The summed E-state index contributed by atoms with van der Waals surface area (Å²) in [6, 6.07) is 17.6. The number of aryl methyl sites for hydroxylation is 2. The first-order chi connectivity index (χ1) is 20.0. The quantitative estimate of drug-likeness (QED) is 0.266. The summed E-state index contributed by atoms with van der Waals surface area (Å²) in [5, 5.41) is 6.92. The van der Waals surface area contributed by atoms with Crippen molar-refractivity contribution in [3.63, 3.8) is 0 Å². The molecule has 0 radical (unpaired) electrons. The van der Waals surface area contributed by atoms with Crippen LogP contribution < -0.4 is 20.9 Å². The van der Waals surface area contributed by atoms with E-state index in [1.54, 1.807) is 56.3 Å². The monoisotopic (exact) mass is 580 g/mol. The highest BCUT2D eigenvalue weighted by molar-refractivity contribution is 6.15. The Bertz CT molecular complexity index is 1430. The largest absolute Gasteiger partial charge is 0.360 e. The maximum Gasteiger partial charge on any atom is 0.360 e. The van der Waals surface area contributed by atoms with Crippen LogP contribution in [0.1, 0.15) is 30.5 Å². The molecule has 0 fully saturated rings. The number of amides is 4. The van der Waals surface area contributed by atoms with Crippen LogP contribution in [0, 0.1) is 13.8 Å². The number of ether oxygens (including phenoxy) is 2. The SMILES string of the molecule is CCOC(CN1C(=O)C(NC(=O)Nc2ccc(C)cc2)(C(F)(F)C(=O)Nc2ccc(C)cc2)c2ccccc21)OCC. The van der Waals surface area contributed by atoms with Gasteiger partial charge >= 0.3 is 12.0 Å². The van der Waals surface area contributed by atoms with Crippen LogP contribution in [0.5, 0.6) is 0 Å². The van der Waals surface area contributed by atoms with E-state index in [9.17, 15) is 14.4 Å². The zero-order valence-corrected chi connectivity index (χ0v) is 23.9. The molecule has 0 saturated carbocycles. The van der Waals surface area contributed by atoms with Crippen molar-refractivity contribution in [2.45, 2.75) is 45.4 Å². The number of carbonyl (C=O) groups is 3. The molecular weight excluding hydrogens is 546 g/mol. The van der Waals surface area contributed by atoms with E-state index in [1.807, 2.05) is 13.8 Å². The van der Waals surface area contributed by atoms with Gasteiger partial charge in [0.05, 0.1) is 12.2 Å². The van der Waals surface area contributed by atoms with E-state index in [0.29, 0.717) is 5.69 Å². The van der Waals surface area contributed by atoms with Crippen LogP contribution >= 0.6 is 0 Å². The summed E-state index contributed by atoms with van der Waals surface area (Å²) in [7, 11) is 0. The normalized spacial score (nSPS) is 16.4. The highest BCUT2D eigenvalue weighted by Crippen LogP contribution is 2.49. The predicted octanol–water partition coefficient (Wildman–Crippen LogP) is 5.34. The molecule has 0 spiro atoms. The van der Waals surface area contributed by atoms with Gasteiger partial charge in [0.1, 0.15) is 0 Å². The van der Waals surface area contributed by atoms with E-state index in [1.165, 1.54) is 30.3 Å². The lowest BCUT2D eigenvalue weighted by molar-refractivity contribution is -0.162. The molecule has 3 aromatic rings. The third kappa shape index (κ3) is 5.97. The molecule has 1 unspecified atom stereocenters. The Balaban J connectivity index is 1.79. The van der Waals surface area contributed by atoms with Gasteiger partial charge in [-0.15, -0.1) is 0 Å². The molecule has 4 amide bonds. The van der Waals surface area contributed by atoms with Crippen molar-refractivity contribution in [3.8, 4) is 0 Å². The fourth-order valence-electron chi connectivity index (χ4n) is 4.80. The number of halogens is 2. The van der Waals surface area contributed by atoms with Gasteiger partial charge in [0, 0.05) is 30.2 Å². The molecule has 3 aromatic carbocycles. The highest BCUT2D eigenvalue weighted by atomic mass is 19.3. The number of carbonyl (C=O) groups excluding carboxylic acids is 3. The zero-order chi connectivity index (χ0) is 30.5. The van der Waals surface area contributed by atoms with Crippen LogP contribution in [0.3, 0.4) is 0 Å². The zero-order valence-electron chi connectivity index (χ0n) is 23.9. The molecule has 11 heteroatoms. The van der Waals surface area contributed by atoms with Gasteiger partial charge in [-0.25, -0.2) is 4.79 Å². The molecule has 3 N–H and O–H groups in total. The minimum absolute atomic E-state index is 0.0883. The first-order valence-corrected chi connectivity index (χ1v) is 13.6. The third-order valence-electron chi connectivity index (χ3n) is 6.88. The third-order valence-corrected chi connectivity index (χ3v) is 6.88.